The van der Waals surface area contributed by atoms with E-state index in [1.54, 1.807) is 43.3 Å². The van der Waals surface area contributed by atoms with Crippen LogP contribution < -0.4 is 14.4 Å². The molecule has 1 atom stereocenters. The van der Waals surface area contributed by atoms with Crippen molar-refractivity contribution in [3.05, 3.63) is 59.1 Å². The normalized spacial score (nSPS) is 12.3. The van der Waals surface area contributed by atoms with E-state index in [0.717, 1.165) is 16.1 Å². The molecule has 0 aliphatic heterocycles. The summed E-state index contributed by atoms with van der Waals surface area (Å²) in [7, 11) is -3.67. The van der Waals surface area contributed by atoms with Crippen LogP contribution in [0, 0.1) is 0 Å². The number of halogens is 1. The average Bonchev–Trinajstić information content (AvgIpc) is 2.65. The van der Waals surface area contributed by atoms with Gasteiger partial charge in [-0.1, -0.05) is 30.7 Å². The summed E-state index contributed by atoms with van der Waals surface area (Å²) >= 11 is 5.87. The molecule has 152 valence electrons. The molecule has 0 aromatic heterocycles. The van der Waals surface area contributed by atoms with Crippen molar-refractivity contribution < 1.29 is 17.9 Å². The van der Waals surface area contributed by atoms with Crippen LogP contribution in [0.1, 0.15) is 25.8 Å². The van der Waals surface area contributed by atoms with Crippen LogP contribution in [-0.4, -0.2) is 33.2 Å². The maximum atomic E-state index is 12.8. The highest BCUT2D eigenvalue weighted by Crippen LogP contribution is 2.25. The van der Waals surface area contributed by atoms with Crippen molar-refractivity contribution in [2.24, 2.45) is 0 Å². The van der Waals surface area contributed by atoms with Crippen molar-refractivity contribution in [2.45, 2.75) is 32.9 Å². The van der Waals surface area contributed by atoms with Crippen LogP contribution in [0.15, 0.2) is 48.5 Å². The molecule has 0 heterocycles. The summed E-state index contributed by atoms with van der Waals surface area (Å²) in [4.78, 5) is 12.8. The zero-order valence-corrected chi connectivity index (χ0v) is 17.8. The lowest BCUT2D eigenvalue weighted by Gasteiger charge is -2.30. The third kappa shape index (κ3) is 5.87. The van der Waals surface area contributed by atoms with Gasteiger partial charge in [-0.25, -0.2) is 8.42 Å². The van der Waals surface area contributed by atoms with Gasteiger partial charge in [0.05, 0.1) is 18.6 Å². The molecule has 0 aliphatic carbocycles. The third-order valence-electron chi connectivity index (χ3n) is 4.11. The van der Waals surface area contributed by atoms with E-state index in [4.69, 9.17) is 16.3 Å². The van der Waals surface area contributed by atoms with Crippen LogP contribution in [0.25, 0.3) is 0 Å². The number of rotatable bonds is 9. The van der Waals surface area contributed by atoms with Crippen molar-refractivity contribution in [3.8, 4) is 5.75 Å². The van der Waals surface area contributed by atoms with Crippen LogP contribution in [0.2, 0.25) is 5.02 Å². The highest BCUT2D eigenvalue weighted by atomic mass is 35.5. The molecule has 1 unspecified atom stereocenters. The van der Waals surface area contributed by atoms with E-state index in [-0.39, 0.29) is 12.5 Å². The fourth-order valence-electron chi connectivity index (χ4n) is 2.83. The Hall–Kier alpha value is -2.25. The van der Waals surface area contributed by atoms with Gasteiger partial charge in [0.2, 0.25) is 15.9 Å². The summed E-state index contributed by atoms with van der Waals surface area (Å²) in [6, 6.07) is 12.9. The van der Waals surface area contributed by atoms with Crippen LogP contribution in [-0.2, 0) is 21.4 Å². The molecule has 2 aromatic carbocycles. The zero-order chi connectivity index (χ0) is 20.7. The Morgan fingerprint density at radius 3 is 2.21 bits per heavy atom. The lowest BCUT2D eigenvalue weighted by molar-refractivity contribution is -0.122. The number of amides is 1. The standard InChI is InChI=1S/C20H25ClN2O4S/c1-4-19(20(24)22-14-15-6-8-16(21)9-7-15)23(28(3,25)26)17-10-12-18(13-11-17)27-5-2/h6-13,19H,4-5,14H2,1-3H3,(H,22,24). The maximum Gasteiger partial charge on any atom is 0.244 e. The van der Waals surface area contributed by atoms with Gasteiger partial charge in [0.25, 0.3) is 0 Å². The molecule has 8 heteroatoms. The van der Waals surface area contributed by atoms with Crippen LogP contribution in [0.4, 0.5) is 5.69 Å². The number of carbonyl (C=O) groups is 1. The van der Waals surface area contributed by atoms with E-state index in [1.807, 2.05) is 19.1 Å². The summed E-state index contributed by atoms with van der Waals surface area (Å²) in [6.45, 7) is 4.45. The number of anilines is 1. The Morgan fingerprint density at radius 2 is 1.71 bits per heavy atom. The second-order valence-electron chi connectivity index (χ2n) is 6.25. The SMILES string of the molecule is CCOc1ccc(N(C(CC)C(=O)NCc2ccc(Cl)cc2)S(C)(=O)=O)cc1. The first-order valence-electron chi connectivity index (χ1n) is 9.00. The minimum atomic E-state index is -3.67. The highest BCUT2D eigenvalue weighted by Gasteiger charge is 2.31. The number of nitrogens with zero attached hydrogens (tertiary/aromatic N) is 1. The molecule has 2 rings (SSSR count). The summed E-state index contributed by atoms with van der Waals surface area (Å²) < 4.78 is 31.5. The van der Waals surface area contributed by atoms with Gasteiger partial charge >= 0.3 is 0 Å². The molecule has 0 fully saturated rings. The van der Waals surface area contributed by atoms with Crippen molar-refractivity contribution in [3.63, 3.8) is 0 Å². The van der Waals surface area contributed by atoms with Gasteiger partial charge in [-0.2, -0.15) is 0 Å². The quantitative estimate of drug-likeness (QED) is 0.667. The number of hydrogen-bond acceptors (Lipinski definition) is 4. The van der Waals surface area contributed by atoms with E-state index in [2.05, 4.69) is 5.32 Å². The van der Waals surface area contributed by atoms with Gasteiger partial charge in [0.15, 0.2) is 0 Å². The van der Waals surface area contributed by atoms with Gasteiger partial charge in [0.1, 0.15) is 11.8 Å². The second kappa shape index (κ2) is 9.80. The van der Waals surface area contributed by atoms with E-state index in [9.17, 15) is 13.2 Å². The van der Waals surface area contributed by atoms with Crippen LogP contribution in [0.3, 0.4) is 0 Å². The Kier molecular flexibility index (Phi) is 7.71. The zero-order valence-electron chi connectivity index (χ0n) is 16.2. The van der Waals surface area contributed by atoms with Crippen LogP contribution >= 0.6 is 11.6 Å². The molecule has 1 N–H and O–H groups in total. The van der Waals surface area contributed by atoms with Gasteiger partial charge in [-0.05, 0) is 55.3 Å². The first-order chi connectivity index (χ1) is 13.3. The molecule has 0 bridgehead atoms. The van der Waals surface area contributed by atoms with E-state index in [1.165, 1.54) is 0 Å². The lowest BCUT2D eigenvalue weighted by atomic mass is 10.1. The molecule has 0 radical (unpaired) electrons. The predicted octanol–water partition coefficient (Wildman–Crippen LogP) is 3.60. The van der Waals surface area contributed by atoms with Crippen molar-refractivity contribution >= 4 is 33.2 Å². The second-order valence-corrected chi connectivity index (χ2v) is 8.55. The summed E-state index contributed by atoms with van der Waals surface area (Å²) in [5, 5.41) is 3.42. The van der Waals surface area contributed by atoms with Gasteiger partial charge in [-0.15, -0.1) is 0 Å². The van der Waals surface area contributed by atoms with Gasteiger partial charge in [-0.3, -0.25) is 9.10 Å². The number of hydrogen-bond donors (Lipinski definition) is 1. The van der Waals surface area contributed by atoms with Crippen molar-refractivity contribution in [1.82, 2.24) is 5.32 Å². The minimum absolute atomic E-state index is 0.285. The number of ether oxygens (including phenoxy) is 1. The fourth-order valence-corrected chi connectivity index (χ4v) is 4.16. The topological polar surface area (TPSA) is 75.7 Å². The first kappa shape index (κ1) is 22.0. The molecule has 2 aromatic rings. The lowest BCUT2D eigenvalue weighted by Crippen LogP contribution is -2.49. The molecule has 0 aliphatic rings. The number of nitrogens with one attached hydrogen (secondary N) is 1. The Morgan fingerprint density at radius 1 is 1.11 bits per heavy atom. The van der Waals surface area contributed by atoms with Gasteiger partial charge in [0, 0.05) is 11.6 Å². The molecule has 0 saturated heterocycles. The first-order valence-corrected chi connectivity index (χ1v) is 11.2. The average molecular weight is 425 g/mol. The smallest absolute Gasteiger partial charge is 0.244 e. The molecular weight excluding hydrogens is 400 g/mol. The van der Waals surface area contributed by atoms with Gasteiger partial charge < -0.3 is 10.1 Å². The maximum absolute atomic E-state index is 12.8. The number of sulfonamides is 1. The van der Waals surface area contributed by atoms with Crippen LogP contribution in [0.5, 0.6) is 5.75 Å². The number of benzene rings is 2. The Balaban J connectivity index is 2.21. The summed E-state index contributed by atoms with van der Waals surface area (Å²) in [5.41, 5.74) is 1.29. The van der Waals surface area contributed by atoms with Crippen molar-refractivity contribution in [1.29, 1.82) is 0 Å². The Labute approximate surface area is 171 Å². The summed E-state index contributed by atoms with van der Waals surface area (Å²) in [6.07, 6.45) is 1.42. The molecule has 28 heavy (non-hydrogen) atoms. The molecular formula is C20H25ClN2O4S. The molecule has 0 saturated carbocycles. The highest BCUT2D eigenvalue weighted by molar-refractivity contribution is 7.92. The fraction of sp³-hybridized carbons (Fsp3) is 0.350. The van der Waals surface area contributed by atoms with E-state index < -0.39 is 16.1 Å². The largest absolute Gasteiger partial charge is 0.494 e. The van der Waals surface area contributed by atoms with E-state index in [0.29, 0.717) is 29.5 Å². The Bertz CT molecular complexity index is 883. The molecule has 1 amide bonds. The summed E-state index contributed by atoms with van der Waals surface area (Å²) in [5.74, 6) is 0.275. The molecule has 0 spiro atoms. The monoisotopic (exact) mass is 424 g/mol. The number of carbonyl (C=O) groups excluding carboxylic acids is 1. The minimum Gasteiger partial charge on any atom is -0.494 e. The predicted molar refractivity (Wildman–Crippen MR) is 112 cm³/mol. The van der Waals surface area contributed by atoms with Crippen molar-refractivity contribution in [2.75, 3.05) is 17.2 Å². The van der Waals surface area contributed by atoms with E-state index >= 15 is 0 Å². The molecule has 6 nitrogen and oxygen atoms in total. The third-order valence-corrected chi connectivity index (χ3v) is 5.54.